The zero-order valence-electron chi connectivity index (χ0n) is 13.3. The predicted octanol–water partition coefficient (Wildman–Crippen LogP) is 2.67. The van der Waals surface area contributed by atoms with Crippen LogP contribution in [0.3, 0.4) is 0 Å². The van der Waals surface area contributed by atoms with E-state index < -0.39 is 0 Å². The van der Waals surface area contributed by atoms with Gasteiger partial charge in [0.25, 0.3) is 0 Å². The minimum atomic E-state index is -0.00218. The first-order valence-electron chi connectivity index (χ1n) is 7.58. The number of carbonyl (C=O) groups is 2. The van der Waals surface area contributed by atoms with Crippen molar-refractivity contribution >= 4 is 17.5 Å². The fraction of sp³-hybridized carbons (Fsp3) is 0.529. The van der Waals surface area contributed by atoms with E-state index in [-0.39, 0.29) is 24.4 Å². The van der Waals surface area contributed by atoms with Crippen molar-refractivity contribution in [3.63, 3.8) is 0 Å². The van der Waals surface area contributed by atoms with Gasteiger partial charge in [-0.05, 0) is 45.2 Å². The molecular formula is C17H24N2O2. The van der Waals surface area contributed by atoms with E-state index in [2.05, 4.69) is 0 Å². The number of nitrogens with zero attached hydrogens (tertiary/aromatic N) is 2. The van der Waals surface area contributed by atoms with Crippen LogP contribution < -0.4 is 4.90 Å². The first-order chi connectivity index (χ1) is 9.91. The quantitative estimate of drug-likeness (QED) is 0.854. The lowest BCUT2D eigenvalue weighted by molar-refractivity contribution is -0.132. The van der Waals surface area contributed by atoms with Crippen LogP contribution in [0.25, 0.3) is 0 Å². The molecule has 2 amide bonds. The van der Waals surface area contributed by atoms with Crippen molar-refractivity contribution in [2.45, 2.75) is 46.6 Å². The van der Waals surface area contributed by atoms with Gasteiger partial charge in [0.1, 0.15) is 6.54 Å². The van der Waals surface area contributed by atoms with Crippen molar-refractivity contribution in [2.75, 3.05) is 18.0 Å². The second-order valence-corrected chi connectivity index (χ2v) is 6.02. The lowest BCUT2D eigenvalue weighted by Crippen LogP contribution is -2.45. The number of anilines is 1. The van der Waals surface area contributed by atoms with Crippen molar-refractivity contribution in [1.29, 1.82) is 0 Å². The summed E-state index contributed by atoms with van der Waals surface area (Å²) in [4.78, 5) is 28.0. The molecule has 1 aromatic carbocycles. The first kappa shape index (κ1) is 15.5. The summed E-state index contributed by atoms with van der Waals surface area (Å²) in [6.45, 7) is 8.94. The highest BCUT2D eigenvalue weighted by Gasteiger charge is 2.28. The molecule has 0 N–H and O–H groups in total. The molecule has 1 saturated heterocycles. The molecule has 0 bridgehead atoms. The van der Waals surface area contributed by atoms with Crippen LogP contribution in [0.1, 0.15) is 37.8 Å². The number of rotatable bonds is 4. The van der Waals surface area contributed by atoms with Crippen molar-refractivity contribution in [1.82, 2.24) is 4.90 Å². The third-order valence-electron chi connectivity index (χ3n) is 3.96. The fourth-order valence-electron chi connectivity index (χ4n) is 2.97. The smallest absolute Gasteiger partial charge is 0.246 e. The third kappa shape index (κ3) is 3.26. The molecule has 0 aliphatic carbocycles. The van der Waals surface area contributed by atoms with Gasteiger partial charge in [-0.25, -0.2) is 0 Å². The largest absolute Gasteiger partial charge is 0.333 e. The highest BCUT2D eigenvalue weighted by molar-refractivity contribution is 5.98. The van der Waals surface area contributed by atoms with Gasteiger partial charge in [0, 0.05) is 24.7 Å². The first-order valence-corrected chi connectivity index (χ1v) is 7.58. The summed E-state index contributed by atoms with van der Waals surface area (Å²) >= 11 is 0. The molecule has 1 aliphatic heterocycles. The Balaban J connectivity index is 2.26. The average molecular weight is 288 g/mol. The van der Waals surface area contributed by atoms with Crippen LogP contribution in [0, 0.1) is 13.8 Å². The Morgan fingerprint density at radius 3 is 2.38 bits per heavy atom. The van der Waals surface area contributed by atoms with Gasteiger partial charge in [-0.1, -0.05) is 18.2 Å². The third-order valence-corrected chi connectivity index (χ3v) is 3.96. The van der Waals surface area contributed by atoms with Crippen molar-refractivity contribution in [3.05, 3.63) is 29.3 Å². The van der Waals surface area contributed by atoms with Gasteiger partial charge >= 0.3 is 0 Å². The van der Waals surface area contributed by atoms with Crippen LogP contribution in [-0.2, 0) is 9.59 Å². The molecule has 0 atom stereocenters. The Bertz CT molecular complexity index is 531. The standard InChI is InChI=1S/C17H24N2O2/c1-12(2)19(17-13(3)7-5-8-14(17)4)16(21)11-18-10-6-9-15(18)20/h5,7-8,12H,6,9-11H2,1-4H3. The molecule has 1 heterocycles. The molecule has 1 fully saturated rings. The van der Waals surface area contributed by atoms with E-state index in [4.69, 9.17) is 0 Å². The lowest BCUT2D eigenvalue weighted by atomic mass is 10.1. The highest BCUT2D eigenvalue weighted by atomic mass is 16.2. The van der Waals surface area contributed by atoms with E-state index in [1.165, 1.54) is 0 Å². The van der Waals surface area contributed by atoms with Gasteiger partial charge in [0.05, 0.1) is 0 Å². The zero-order chi connectivity index (χ0) is 15.6. The average Bonchev–Trinajstić information content (AvgIpc) is 2.79. The van der Waals surface area contributed by atoms with Crippen LogP contribution in [-0.4, -0.2) is 35.8 Å². The molecule has 1 aromatic rings. The van der Waals surface area contributed by atoms with E-state index in [0.29, 0.717) is 13.0 Å². The summed E-state index contributed by atoms with van der Waals surface area (Å²) in [5, 5.41) is 0. The fourth-order valence-corrected chi connectivity index (χ4v) is 2.97. The Kier molecular flexibility index (Phi) is 4.66. The molecule has 0 saturated carbocycles. The second kappa shape index (κ2) is 6.29. The van der Waals surface area contributed by atoms with Gasteiger partial charge < -0.3 is 9.80 Å². The van der Waals surface area contributed by atoms with E-state index >= 15 is 0 Å². The molecule has 21 heavy (non-hydrogen) atoms. The maximum atomic E-state index is 12.7. The monoisotopic (exact) mass is 288 g/mol. The van der Waals surface area contributed by atoms with Gasteiger partial charge in [0.15, 0.2) is 0 Å². The van der Waals surface area contributed by atoms with Crippen molar-refractivity contribution in [3.8, 4) is 0 Å². The lowest BCUT2D eigenvalue weighted by Gasteiger charge is -2.31. The minimum Gasteiger partial charge on any atom is -0.333 e. The van der Waals surface area contributed by atoms with E-state index in [9.17, 15) is 9.59 Å². The van der Waals surface area contributed by atoms with E-state index in [0.717, 1.165) is 23.2 Å². The Hall–Kier alpha value is -1.84. The Morgan fingerprint density at radius 2 is 1.90 bits per heavy atom. The van der Waals surface area contributed by atoms with Crippen LogP contribution >= 0.6 is 0 Å². The molecule has 0 aromatic heterocycles. The van der Waals surface area contributed by atoms with Crippen molar-refractivity contribution in [2.24, 2.45) is 0 Å². The molecule has 0 spiro atoms. The van der Waals surface area contributed by atoms with E-state index in [1.807, 2.05) is 50.8 Å². The second-order valence-electron chi connectivity index (χ2n) is 6.02. The van der Waals surface area contributed by atoms with Crippen LogP contribution in [0.2, 0.25) is 0 Å². The number of benzene rings is 1. The number of hydrogen-bond donors (Lipinski definition) is 0. The van der Waals surface area contributed by atoms with E-state index in [1.54, 1.807) is 4.90 Å². The van der Waals surface area contributed by atoms with Gasteiger partial charge in [-0.2, -0.15) is 0 Å². The van der Waals surface area contributed by atoms with Crippen LogP contribution in [0.4, 0.5) is 5.69 Å². The van der Waals surface area contributed by atoms with Gasteiger partial charge in [-0.3, -0.25) is 9.59 Å². The van der Waals surface area contributed by atoms with Crippen LogP contribution in [0.5, 0.6) is 0 Å². The number of aryl methyl sites for hydroxylation is 2. The molecule has 2 rings (SSSR count). The topological polar surface area (TPSA) is 40.6 Å². The van der Waals surface area contributed by atoms with Crippen LogP contribution in [0.15, 0.2) is 18.2 Å². The van der Waals surface area contributed by atoms with Gasteiger partial charge in [-0.15, -0.1) is 0 Å². The zero-order valence-corrected chi connectivity index (χ0v) is 13.3. The summed E-state index contributed by atoms with van der Waals surface area (Å²) in [6.07, 6.45) is 1.43. The summed E-state index contributed by atoms with van der Waals surface area (Å²) in [7, 11) is 0. The number of hydrogen-bond acceptors (Lipinski definition) is 2. The summed E-state index contributed by atoms with van der Waals surface area (Å²) in [5.74, 6) is 0.0891. The highest BCUT2D eigenvalue weighted by Crippen LogP contribution is 2.27. The molecule has 1 aliphatic rings. The molecule has 4 heteroatoms. The molecule has 4 nitrogen and oxygen atoms in total. The maximum absolute atomic E-state index is 12.7. The normalized spacial score (nSPS) is 14.9. The Labute approximate surface area is 126 Å². The number of amides is 2. The number of likely N-dealkylation sites (tertiary alicyclic amines) is 1. The molecule has 0 radical (unpaired) electrons. The SMILES string of the molecule is Cc1cccc(C)c1N(C(=O)CN1CCCC1=O)C(C)C. The number of para-hydroxylation sites is 1. The van der Waals surface area contributed by atoms with Gasteiger partial charge in [0.2, 0.25) is 11.8 Å². The van der Waals surface area contributed by atoms with Crippen molar-refractivity contribution < 1.29 is 9.59 Å². The molecule has 114 valence electrons. The predicted molar refractivity (Wildman–Crippen MR) is 84.4 cm³/mol. The maximum Gasteiger partial charge on any atom is 0.246 e. The minimum absolute atomic E-state index is 0.00218. The number of carbonyl (C=O) groups excluding carboxylic acids is 2. The summed E-state index contributed by atoms with van der Waals surface area (Å²) in [5.41, 5.74) is 3.15. The molecule has 0 unspecified atom stereocenters. The molecular weight excluding hydrogens is 264 g/mol. The Morgan fingerprint density at radius 1 is 1.29 bits per heavy atom. The summed E-state index contributed by atoms with van der Waals surface area (Å²) < 4.78 is 0. The summed E-state index contributed by atoms with van der Waals surface area (Å²) in [6, 6.07) is 6.11.